The molecule has 2 aromatic carbocycles. The number of fused-ring (bicyclic) bond motifs is 4. The maximum Gasteiger partial charge on any atom is 0.337 e. The number of hydrogen-bond donors (Lipinski definition) is 0. The molecule has 7 nitrogen and oxygen atoms in total. The maximum absolute atomic E-state index is 12.1. The molecule has 0 saturated heterocycles. The minimum atomic E-state index is -0.386. The molecule has 2 aromatic heterocycles. The Morgan fingerprint density at radius 1 is 1.21 bits per heavy atom. The molecule has 0 fully saturated rings. The van der Waals surface area contributed by atoms with Crippen LogP contribution in [0.1, 0.15) is 21.5 Å². The number of pyridine rings is 1. The third-order valence-electron chi connectivity index (χ3n) is 4.81. The first-order chi connectivity index (χ1) is 14.2. The summed E-state index contributed by atoms with van der Waals surface area (Å²) in [5.74, 6) is 0.940. The molecule has 0 atom stereocenters. The van der Waals surface area contributed by atoms with Crippen molar-refractivity contribution in [3.8, 4) is 5.75 Å². The van der Waals surface area contributed by atoms with Gasteiger partial charge in [-0.25, -0.2) is 4.79 Å². The molecule has 0 radical (unpaired) electrons. The molecule has 0 bridgehead atoms. The molecule has 1 aliphatic heterocycles. The van der Waals surface area contributed by atoms with Crippen molar-refractivity contribution in [2.75, 3.05) is 13.9 Å². The van der Waals surface area contributed by atoms with Gasteiger partial charge in [0.1, 0.15) is 5.75 Å². The van der Waals surface area contributed by atoms with E-state index in [4.69, 9.17) is 14.2 Å². The van der Waals surface area contributed by atoms with Crippen molar-refractivity contribution < 1.29 is 19.0 Å². The van der Waals surface area contributed by atoms with E-state index in [-0.39, 0.29) is 12.8 Å². The molecule has 3 heterocycles. The average molecular weight is 407 g/mol. The van der Waals surface area contributed by atoms with E-state index in [0.717, 1.165) is 38.6 Å². The van der Waals surface area contributed by atoms with Gasteiger partial charge in [-0.2, -0.15) is 0 Å². The van der Waals surface area contributed by atoms with Crippen LogP contribution in [-0.4, -0.2) is 34.5 Å². The number of benzene rings is 2. The number of rotatable bonds is 4. The van der Waals surface area contributed by atoms with Crippen LogP contribution in [0.2, 0.25) is 0 Å². The zero-order valence-electron chi connectivity index (χ0n) is 15.6. The summed E-state index contributed by atoms with van der Waals surface area (Å²) >= 11 is 1.54. The summed E-state index contributed by atoms with van der Waals surface area (Å²) in [6, 6.07) is 15.7. The molecule has 0 spiro atoms. The minimum Gasteiger partial charge on any atom is -0.467 e. The summed E-state index contributed by atoms with van der Waals surface area (Å²) in [5.41, 5.74) is 4.06. The summed E-state index contributed by atoms with van der Waals surface area (Å²) in [4.78, 5) is 12.1. The van der Waals surface area contributed by atoms with Gasteiger partial charge < -0.3 is 14.2 Å². The van der Waals surface area contributed by atoms with Gasteiger partial charge in [0.05, 0.1) is 24.8 Å². The summed E-state index contributed by atoms with van der Waals surface area (Å²) in [6.45, 7) is 0.594. The molecular formula is C21H17N3O4S. The summed E-state index contributed by atoms with van der Waals surface area (Å²) < 4.78 is 18.0. The van der Waals surface area contributed by atoms with E-state index in [1.807, 2.05) is 34.7 Å². The Labute approximate surface area is 170 Å². The molecule has 1 aliphatic rings. The Kier molecular flexibility index (Phi) is 4.57. The molecule has 5 rings (SSSR count). The van der Waals surface area contributed by atoms with Crippen LogP contribution in [-0.2, 0) is 21.8 Å². The van der Waals surface area contributed by atoms with Gasteiger partial charge in [0.15, 0.2) is 17.6 Å². The molecule has 29 heavy (non-hydrogen) atoms. The van der Waals surface area contributed by atoms with Crippen LogP contribution < -0.4 is 4.74 Å². The lowest BCUT2D eigenvalue weighted by Crippen LogP contribution is -2.15. The van der Waals surface area contributed by atoms with E-state index >= 15 is 0 Å². The van der Waals surface area contributed by atoms with E-state index < -0.39 is 0 Å². The smallest absolute Gasteiger partial charge is 0.337 e. The molecule has 8 heteroatoms. The third-order valence-corrected chi connectivity index (χ3v) is 5.79. The first kappa shape index (κ1) is 18.0. The van der Waals surface area contributed by atoms with Crippen LogP contribution in [0.15, 0.2) is 53.7 Å². The lowest BCUT2D eigenvalue weighted by molar-refractivity contribution is -0.0169. The Morgan fingerprint density at radius 2 is 2.10 bits per heavy atom. The lowest BCUT2D eigenvalue weighted by Gasteiger charge is -2.21. The molecule has 0 N–H and O–H groups in total. The van der Waals surface area contributed by atoms with Crippen molar-refractivity contribution in [1.82, 2.24) is 14.6 Å². The second-order valence-corrected chi connectivity index (χ2v) is 7.53. The Morgan fingerprint density at radius 3 is 3.00 bits per heavy atom. The minimum absolute atomic E-state index is 0.195. The normalized spacial score (nSPS) is 13.3. The van der Waals surface area contributed by atoms with E-state index in [1.54, 1.807) is 17.8 Å². The number of thioether (sulfide) groups is 1. The van der Waals surface area contributed by atoms with Gasteiger partial charge in [0, 0.05) is 16.9 Å². The van der Waals surface area contributed by atoms with Crippen LogP contribution in [0.25, 0.3) is 16.6 Å². The number of carbonyl (C=O) groups is 1. The maximum atomic E-state index is 12.1. The van der Waals surface area contributed by atoms with Crippen molar-refractivity contribution in [2.45, 2.75) is 17.5 Å². The fraction of sp³-hybridized carbons (Fsp3) is 0.190. The number of ether oxygens (including phenoxy) is 3. The SMILES string of the molecule is COC(=O)c1cc2c(c(CSc3nnc4ccc5ccccc5n34)c1)OCOC2. The highest BCUT2D eigenvalue weighted by atomic mass is 32.2. The summed E-state index contributed by atoms with van der Waals surface area (Å²) in [6.07, 6.45) is 0. The molecule has 0 saturated carbocycles. The van der Waals surface area contributed by atoms with Crippen molar-refractivity contribution in [3.05, 3.63) is 65.2 Å². The fourth-order valence-corrected chi connectivity index (χ4v) is 4.41. The zero-order valence-corrected chi connectivity index (χ0v) is 16.4. The highest BCUT2D eigenvalue weighted by Crippen LogP contribution is 2.34. The largest absolute Gasteiger partial charge is 0.467 e. The van der Waals surface area contributed by atoms with Crippen molar-refractivity contribution in [3.63, 3.8) is 0 Å². The van der Waals surface area contributed by atoms with Crippen molar-refractivity contribution >= 4 is 34.3 Å². The van der Waals surface area contributed by atoms with Gasteiger partial charge in [-0.05, 0) is 35.7 Å². The van der Waals surface area contributed by atoms with Gasteiger partial charge >= 0.3 is 5.97 Å². The second kappa shape index (κ2) is 7.38. The Hall–Kier alpha value is -3.10. The predicted octanol–water partition coefficient (Wildman–Crippen LogP) is 3.83. The number of nitrogens with zero attached hydrogens (tertiary/aromatic N) is 3. The monoisotopic (exact) mass is 407 g/mol. The van der Waals surface area contributed by atoms with Crippen molar-refractivity contribution in [2.24, 2.45) is 0 Å². The average Bonchev–Trinajstić information content (AvgIpc) is 3.20. The first-order valence-electron chi connectivity index (χ1n) is 9.05. The Balaban J connectivity index is 1.53. The molecule has 0 amide bonds. The van der Waals surface area contributed by atoms with Gasteiger partial charge in [-0.3, -0.25) is 4.40 Å². The first-order valence-corrected chi connectivity index (χ1v) is 10.0. The zero-order chi connectivity index (χ0) is 19.8. The highest BCUT2D eigenvalue weighted by molar-refractivity contribution is 7.98. The number of esters is 1. The fourth-order valence-electron chi connectivity index (χ4n) is 3.49. The highest BCUT2D eigenvalue weighted by Gasteiger charge is 2.20. The lowest BCUT2D eigenvalue weighted by atomic mass is 10.0. The Bertz CT molecular complexity index is 1240. The number of carbonyl (C=O) groups excluding carboxylic acids is 1. The topological polar surface area (TPSA) is 75.0 Å². The van der Waals surface area contributed by atoms with Crippen molar-refractivity contribution in [1.29, 1.82) is 0 Å². The van der Waals surface area contributed by atoms with E-state index in [9.17, 15) is 4.79 Å². The standard InChI is InChI=1S/C21H17N3O4S/c1-26-20(25)14-8-15-10-27-12-28-19(15)16(9-14)11-29-21-23-22-18-7-6-13-4-2-3-5-17(13)24(18)21/h2-9H,10-12H2,1H3. The second-order valence-electron chi connectivity index (χ2n) is 6.58. The number of aromatic nitrogens is 3. The number of methoxy groups -OCH3 is 1. The summed E-state index contributed by atoms with van der Waals surface area (Å²) in [5, 5.41) is 10.6. The van der Waals surface area contributed by atoms with Gasteiger partial charge in [-0.1, -0.05) is 30.0 Å². The van der Waals surface area contributed by atoms with Gasteiger partial charge in [0.2, 0.25) is 0 Å². The van der Waals surface area contributed by atoms with Crippen LogP contribution >= 0.6 is 11.8 Å². The number of para-hydroxylation sites is 1. The van der Waals surface area contributed by atoms with Crippen LogP contribution in [0.5, 0.6) is 5.75 Å². The van der Waals surface area contributed by atoms with Crippen LogP contribution in [0, 0.1) is 0 Å². The molecule has 146 valence electrons. The number of hydrogen-bond acceptors (Lipinski definition) is 7. The van der Waals surface area contributed by atoms with E-state index in [0.29, 0.717) is 17.9 Å². The third kappa shape index (κ3) is 3.20. The van der Waals surface area contributed by atoms with Crippen LogP contribution in [0.3, 0.4) is 0 Å². The van der Waals surface area contributed by atoms with E-state index in [2.05, 4.69) is 22.3 Å². The quantitative estimate of drug-likeness (QED) is 0.376. The van der Waals surface area contributed by atoms with E-state index in [1.165, 1.54) is 7.11 Å². The molecular weight excluding hydrogens is 390 g/mol. The van der Waals surface area contributed by atoms with Gasteiger partial charge in [-0.15, -0.1) is 10.2 Å². The molecule has 0 aliphatic carbocycles. The molecule has 4 aromatic rings. The van der Waals surface area contributed by atoms with Gasteiger partial charge in [0.25, 0.3) is 0 Å². The summed E-state index contributed by atoms with van der Waals surface area (Å²) in [7, 11) is 1.37. The predicted molar refractivity (Wildman–Crippen MR) is 108 cm³/mol. The van der Waals surface area contributed by atoms with Crippen LogP contribution in [0.4, 0.5) is 0 Å². The molecule has 0 unspecified atom stereocenters.